The van der Waals surface area contributed by atoms with E-state index in [1.54, 1.807) is 11.0 Å². The van der Waals surface area contributed by atoms with Crippen molar-refractivity contribution in [2.24, 2.45) is 5.73 Å². The number of anilines is 1. The molecule has 1 heterocycles. The highest BCUT2D eigenvalue weighted by atomic mass is 16.1. The average Bonchev–Trinajstić information content (AvgIpc) is 2.98. The van der Waals surface area contributed by atoms with E-state index >= 15 is 0 Å². The van der Waals surface area contributed by atoms with Gasteiger partial charge in [0.05, 0.1) is 18.8 Å². The van der Waals surface area contributed by atoms with E-state index in [9.17, 15) is 4.79 Å². The summed E-state index contributed by atoms with van der Waals surface area (Å²) in [6.07, 6.45) is 3.35. The third kappa shape index (κ3) is 4.44. The van der Waals surface area contributed by atoms with Crippen LogP contribution in [-0.2, 0) is 11.3 Å². The summed E-state index contributed by atoms with van der Waals surface area (Å²) in [5.74, 6) is 5.66. The lowest BCUT2D eigenvalue weighted by molar-refractivity contribution is -0.116. The summed E-state index contributed by atoms with van der Waals surface area (Å²) >= 11 is 0. The van der Waals surface area contributed by atoms with E-state index in [4.69, 9.17) is 5.73 Å². The number of aromatic nitrogens is 3. The maximum atomic E-state index is 12.0. The van der Waals surface area contributed by atoms with E-state index in [1.807, 2.05) is 25.1 Å². The second-order valence-electron chi connectivity index (χ2n) is 4.51. The van der Waals surface area contributed by atoms with E-state index < -0.39 is 0 Å². The van der Waals surface area contributed by atoms with Crippen molar-refractivity contribution >= 4 is 11.6 Å². The Morgan fingerprint density at radius 1 is 1.48 bits per heavy atom. The molecule has 6 nitrogen and oxygen atoms in total. The first-order chi connectivity index (χ1) is 10.2. The van der Waals surface area contributed by atoms with Crippen LogP contribution in [0.2, 0.25) is 0 Å². The SMILES string of the molecule is Cc1ccc(C#CCN)c(NC(=O)CCn2cncn2)c1. The second kappa shape index (κ2) is 7.22. The number of carbonyl (C=O) groups is 1. The molecule has 108 valence electrons. The molecule has 0 unspecified atom stereocenters. The van der Waals surface area contributed by atoms with Crippen molar-refractivity contribution in [3.8, 4) is 11.8 Å². The zero-order valence-corrected chi connectivity index (χ0v) is 11.8. The standard InChI is InChI=1S/C15H17N5O/c1-12-4-5-13(3-2-7-16)14(9-12)19-15(21)6-8-20-11-17-10-18-20/h4-5,9-11H,6-8,16H2,1H3,(H,19,21). The number of amides is 1. The zero-order valence-electron chi connectivity index (χ0n) is 11.8. The molecule has 0 spiro atoms. The lowest BCUT2D eigenvalue weighted by Gasteiger charge is -2.08. The number of nitrogens with two attached hydrogens (primary N) is 1. The fourth-order valence-corrected chi connectivity index (χ4v) is 1.79. The van der Waals surface area contributed by atoms with Crippen LogP contribution in [0.1, 0.15) is 17.5 Å². The van der Waals surface area contributed by atoms with E-state index in [0.29, 0.717) is 18.7 Å². The number of nitrogens with zero attached hydrogens (tertiary/aromatic N) is 3. The van der Waals surface area contributed by atoms with E-state index in [1.165, 1.54) is 6.33 Å². The molecule has 0 radical (unpaired) electrons. The first-order valence-corrected chi connectivity index (χ1v) is 6.61. The summed E-state index contributed by atoms with van der Waals surface area (Å²) in [4.78, 5) is 15.8. The molecule has 0 saturated heterocycles. The van der Waals surface area contributed by atoms with Crippen molar-refractivity contribution in [3.05, 3.63) is 42.0 Å². The summed E-state index contributed by atoms with van der Waals surface area (Å²) in [5.41, 5.74) is 7.91. The van der Waals surface area contributed by atoms with Gasteiger partial charge in [0, 0.05) is 12.0 Å². The minimum Gasteiger partial charge on any atom is -0.325 e. The molecule has 1 aromatic heterocycles. The Balaban J connectivity index is 2.03. The van der Waals surface area contributed by atoms with Gasteiger partial charge in [-0.2, -0.15) is 5.10 Å². The quantitative estimate of drug-likeness (QED) is 0.817. The van der Waals surface area contributed by atoms with Gasteiger partial charge < -0.3 is 11.1 Å². The van der Waals surface area contributed by atoms with Crippen LogP contribution in [0.5, 0.6) is 0 Å². The molecule has 0 bridgehead atoms. The fourth-order valence-electron chi connectivity index (χ4n) is 1.79. The molecular formula is C15H17N5O. The third-order valence-electron chi connectivity index (χ3n) is 2.81. The van der Waals surface area contributed by atoms with E-state index in [-0.39, 0.29) is 12.5 Å². The maximum Gasteiger partial charge on any atom is 0.226 e. The second-order valence-corrected chi connectivity index (χ2v) is 4.51. The summed E-state index contributed by atoms with van der Waals surface area (Å²) < 4.78 is 1.62. The Bertz CT molecular complexity index is 667. The number of carbonyl (C=O) groups excluding carboxylic acids is 1. The normalized spacial score (nSPS) is 9.81. The molecule has 0 saturated carbocycles. The van der Waals surface area contributed by atoms with Gasteiger partial charge in [0.25, 0.3) is 0 Å². The highest BCUT2D eigenvalue weighted by Crippen LogP contribution is 2.17. The summed E-state index contributed by atoms with van der Waals surface area (Å²) in [6, 6.07) is 5.73. The molecule has 0 aliphatic heterocycles. The van der Waals surface area contributed by atoms with Crippen molar-refractivity contribution in [1.82, 2.24) is 14.8 Å². The zero-order chi connectivity index (χ0) is 15.1. The molecular weight excluding hydrogens is 266 g/mol. The highest BCUT2D eigenvalue weighted by molar-refractivity contribution is 5.92. The molecule has 2 aromatic rings. The van der Waals surface area contributed by atoms with Crippen LogP contribution in [-0.4, -0.2) is 27.2 Å². The van der Waals surface area contributed by atoms with Crippen molar-refractivity contribution in [2.75, 3.05) is 11.9 Å². The Labute approximate surface area is 123 Å². The van der Waals surface area contributed by atoms with Gasteiger partial charge in [0.15, 0.2) is 0 Å². The molecule has 21 heavy (non-hydrogen) atoms. The molecule has 0 fully saturated rings. The molecule has 1 aromatic carbocycles. The first kappa shape index (κ1) is 14.8. The van der Waals surface area contributed by atoms with Gasteiger partial charge in [-0.1, -0.05) is 17.9 Å². The van der Waals surface area contributed by atoms with Crippen molar-refractivity contribution in [3.63, 3.8) is 0 Å². The monoisotopic (exact) mass is 283 g/mol. The lowest BCUT2D eigenvalue weighted by atomic mass is 10.1. The van der Waals surface area contributed by atoms with Crippen LogP contribution in [0.3, 0.4) is 0 Å². The highest BCUT2D eigenvalue weighted by Gasteiger charge is 2.07. The van der Waals surface area contributed by atoms with E-state index in [2.05, 4.69) is 27.2 Å². The number of rotatable bonds is 4. The largest absolute Gasteiger partial charge is 0.325 e. The Morgan fingerprint density at radius 2 is 2.33 bits per heavy atom. The molecule has 3 N–H and O–H groups in total. The van der Waals surface area contributed by atoms with Crippen LogP contribution in [0.25, 0.3) is 0 Å². The number of hydrogen-bond acceptors (Lipinski definition) is 4. The lowest BCUT2D eigenvalue weighted by Crippen LogP contribution is -2.15. The maximum absolute atomic E-state index is 12.0. The van der Waals surface area contributed by atoms with Gasteiger partial charge in [0.2, 0.25) is 5.91 Å². The number of nitrogens with one attached hydrogen (secondary N) is 1. The molecule has 2 rings (SSSR count). The summed E-state index contributed by atoms with van der Waals surface area (Å²) in [7, 11) is 0. The van der Waals surface area contributed by atoms with Crippen LogP contribution in [0.15, 0.2) is 30.9 Å². The van der Waals surface area contributed by atoms with Crippen molar-refractivity contribution in [1.29, 1.82) is 0 Å². The third-order valence-corrected chi connectivity index (χ3v) is 2.81. The van der Waals surface area contributed by atoms with Crippen LogP contribution >= 0.6 is 0 Å². The topological polar surface area (TPSA) is 85.8 Å². The summed E-state index contributed by atoms with van der Waals surface area (Å²) in [5, 5.41) is 6.84. The van der Waals surface area contributed by atoms with Gasteiger partial charge in [-0.25, -0.2) is 4.98 Å². The van der Waals surface area contributed by atoms with Crippen LogP contribution in [0, 0.1) is 18.8 Å². The average molecular weight is 283 g/mol. The smallest absolute Gasteiger partial charge is 0.226 e. The summed E-state index contributed by atoms with van der Waals surface area (Å²) in [6.45, 7) is 2.74. The Hall–Kier alpha value is -2.65. The van der Waals surface area contributed by atoms with Crippen molar-refractivity contribution < 1.29 is 4.79 Å². The van der Waals surface area contributed by atoms with Crippen LogP contribution < -0.4 is 11.1 Å². The molecule has 1 amide bonds. The van der Waals surface area contributed by atoms with Gasteiger partial charge in [-0.15, -0.1) is 0 Å². The molecule has 0 atom stereocenters. The van der Waals surface area contributed by atoms with Gasteiger partial charge >= 0.3 is 0 Å². The molecule has 0 aliphatic carbocycles. The van der Waals surface area contributed by atoms with Gasteiger partial charge in [-0.3, -0.25) is 9.48 Å². The minimum absolute atomic E-state index is 0.0908. The predicted octanol–water partition coefficient (Wildman–Crippen LogP) is 0.926. The van der Waals surface area contributed by atoms with E-state index in [0.717, 1.165) is 11.1 Å². The Morgan fingerprint density at radius 3 is 3.05 bits per heavy atom. The Kier molecular flexibility index (Phi) is 5.07. The molecule has 0 aliphatic rings. The predicted molar refractivity (Wildman–Crippen MR) is 80.4 cm³/mol. The van der Waals surface area contributed by atoms with Crippen molar-refractivity contribution in [2.45, 2.75) is 19.9 Å². The van der Waals surface area contributed by atoms with Gasteiger partial charge in [-0.05, 0) is 24.6 Å². The molecule has 6 heteroatoms. The number of aryl methyl sites for hydroxylation is 2. The number of hydrogen-bond donors (Lipinski definition) is 2. The van der Waals surface area contributed by atoms with Crippen LogP contribution in [0.4, 0.5) is 5.69 Å². The first-order valence-electron chi connectivity index (χ1n) is 6.61. The fraction of sp³-hybridized carbons (Fsp3) is 0.267. The van der Waals surface area contributed by atoms with Gasteiger partial charge in [0.1, 0.15) is 12.7 Å². The minimum atomic E-state index is -0.0908. The number of benzene rings is 1.